The number of hydrogen-bond acceptors (Lipinski definition) is 4. The fraction of sp³-hybridized carbons (Fsp3) is 0.364. The molecular weight excluding hydrogens is 206 g/mol. The molecule has 1 aliphatic rings. The summed E-state index contributed by atoms with van der Waals surface area (Å²) in [4.78, 5) is 11.8. The van der Waals surface area contributed by atoms with Gasteiger partial charge in [-0.1, -0.05) is 0 Å². The molecule has 1 aliphatic heterocycles. The third-order valence-corrected chi connectivity index (χ3v) is 2.61. The zero-order valence-corrected chi connectivity index (χ0v) is 9.12. The summed E-state index contributed by atoms with van der Waals surface area (Å²) in [7, 11) is 1.53. The SMILES string of the molecule is COc1cc(C(=O)NC2CNC2)ccc1N. The second-order valence-corrected chi connectivity index (χ2v) is 3.79. The molecule has 0 atom stereocenters. The highest BCUT2D eigenvalue weighted by molar-refractivity contribution is 5.95. The number of nitrogens with one attached hydrogen (secondary N) is 2. The maximum atomic E-state index is 11.8. The van der Waals surface area contributed by atoms with Gasteiger partial charge in [-0.3, -0.25) is 4.79 Å². The van der Waals surface area contributed by atoms with Crippen molar-refractivity contribution in [2.24, 2.45) is 0 Å². The van der Waals surface area contributed by atoms with E-state index in [0.29, 0.717) is 17.0 Å². The minimum absolute atomic E-state index is 0.0928. The second kappa shape index (κ2) is 4.40. The molecule has 0 spiro atoms. The number of amides is 1. The molecule has 1 aromatic rings. The van der Waals surface area contributed by atoms with Crippen LogP contribution in [0.5, 0.6) is 5.75 Å². The lowest BCUT2D eigenvalue weighted by Gasteiger charge is -2.27. The van der Waals surface area contributed by atoms with Gasteiger partial charge < -0.3 is 21.1 Å². The van der Waals surface area contributed by atoms with Gasteiger partial charge in [0.05, 0.1) is 18.8 Å². The molecular formula is C11H15N3O2. The standard InChI is InChI=1S/C11H15N3O2/c1-16-10-4-7(2-3-9(10)12)11(15)14-8-5-13-6-8/h2-4,8,13H,5-6,12H2,1H3,(H,14,15). The highest BCUT2D eigenvalue weighted by atomic mass is 16.5. The van der Waals surface area contributed by atoms with E-state index in [1.807, 2.05) is 0 Å². The number of carbonyl (C=O) groups is 1. The fourth-order valence-corrected chi connectivity index (χ4v) is 1.51. The van der Waals surface area contributed by atoms with Gasteiger partial charge in [0, 0.05) is 18.7 Å². The van der Waals surface area contributed by atoms with E-state index in [0.717, 1.165) is 13.1 Å². The molecule has 5 heteroatoms. The Balaban J connectivity index is 2.09. The topological polar surface area (TPSA) is 76.4 Å². The van der Waals surface area contributed by atoms with E-state index in [2.05, 4.69) is 10.6 Å². The summed E-state index contributed by atoms with van der Waals surface area (Å²) >= 11 is 0. The predicted molar refractivity (Wildman–Crippen MR) is 61.5 cm³/mol. The van der Waals surface area contributed by atoms with Gasteiger partial charge in [-0.2, -0.15) is 0 Å². The van der Waals surface area contributed by atoms with E-state index in [1.165, 1.54) is 7.11 Å². The quantitative estimate of drug-likeness (QED) is 0.627. The zero-order chi connectivity index (χ0) is 11.5. The normalized spacial score (nSPS) is 15.3. The highest BCUT2D eigenvalue weighted by Crippen LogP contribution is 2.22. The molecule has 0 aliphatic carbocycles. The Morgan fingerprint density at radius 1 is 1.56 bits per heavy atom. The highest BCUT2D eigenvalue weighted by Gasteiger charge is 2.19. The van der Waals surface area contributed by atoms with Gasteiger partial charge in [0.25, 0.3) is 5.91 Å². The number of rotatable bonds is 3. The summed E-state index contributed by atoms with van der Waals surface area (Å²) in [5, 5.41) is 6.00. The molecule has 0 radical (unpaired) electrons. The Morgan fingerprint density at radius 2 is 2.31 bits per heavy atom. The average Bonchev–Trinajstić information content (AvgIpc) is 2.24. The lowest BCUT2D eigenvalue weighted by atomic mass is 10.1. The van der Waals surface area contributed by atoms with Gasteiger partial charge in [-0.15, -0.1) is 0 Å². The number of anilines is 1. The van der Waals surface area contributed by atoms with Crippen molar-refractivity contribution in [2.45, 2.75) is 6.04 Å². The summed E-state index contributed by atoms with van der Waals surface area (Å²) in [6.45, 7) is 1.66. The maximum absolute atomic E-state index is 11.8. The molecule has 1 saturated heterocycles. The minimum Gasteiger partial charge on any atom is -0.495 e. The summed E-state index contributed by atoms with van der Waals surface area (Å²) in [6.07, 6.45) is 0. The van der Waals surface area contributed by atoms with Gasteiger partial charge >= 0.3 is 0 Å². The van der Waals surface area contributed by atoms with Crippen LogP contribution < -0.4 is 21.1 Å². The van der Waals surface area contributed by atoms with Crippen LogP contribution >= 0.6 is 0 Å². The Kier molecular flexibility index (Phi) is 2.96. The van der Waals surface area contributed by atoms with Crippen molar-refractivity contribution in [3.05, 3.63) is 23.8 Å². The van der Waals surface area contributed by atoms with E-state index in [-0.39, 0.29) is 11.9 Å². The van der Waals surface area contributed by atoms with Crippen molar-refractivity contribution in [3.63, 3.8) is 0 Å². The van der Waals surface area contributed by atoms with Crippen LogP contribution in [0.1, 0.15) is 10.4 Å². The van der Waals surface area contributed by atoms with E-state index in [9.17, 15) is 4.79 Å². The van der Waals surface area contributed by atoms with Crippen molar-refractivity contribution >= 4 is 11.6 Å². The fourth-order valence-electron chi connectivity index (χ4n) is 1.51. The summed E-state index contributed by atoms with van der Waals surface area (Å²) in [6, 6.07) is 5.25. The number of benzene rings is 1. The second-order valence-electron chi connectivity index (χ2n) is 3.79. The van der Waals surface area contributed by atoms with E-state index in [1.54, 1.807) is 18.2 Å². The van der Waals surface area contributed by atoms with Crippen LogP contribution in [0.15, 0.2) is 18.2 Å². The van der Waals surface area contributed by atoms with Crippen molar-refractivity contribution in [1.82, 2.24) is 10.6 Å². The minimum atomic E-state index is -0.0928. The number of carbonyl (C=O) groups excluding carboxylic acids is 1. The van der Waals surface area contributed by atoms with Crippen LogP contribution in [0.25, 0.3) is 0 Å². The Morgan fingerprint density at radius 3 is 2.88 bits per heavy atom. The molecule has 0 unspecified atom stereocenters. The van der Waals surface area contributed by atoms with Crippen LogP contribution in [0.2, 0.25) is 0 Å². The van der Waals surface area contributed by atoms with Crippen molar-refractivity contribution in [2.75, 3.05) is 25.9 Å². The monoisotopic (exact) mass is 221 g/mol. The Hall–Kier alpha value is -1.75. The number of nitrogen functional groups attached to an aromatic ring is 1. The zero-order valence-electron chi connectivity index (χ0n) is 9.12. The lowest BCUT2D eigenvalue weighted by Crippen LogP contribution is -2.56. The molecule has 86 valence electrons. The number of hydrogen-bond donors (Lipinski definition) is 3. The van der Waals surface area contributed by atoms with Crippen LogP contribution in [0.3, 0.4) is 0 Å². The lowest BCUT2D eigenvalue weighted by molar-refractivity contribution is 0.0923. The Bertz CT molecular complexity index is 402. The van der Waals surface area contributed by atoms with Gasteiger partial charge in [0.15, 0.2) is 0 Å². The summed E-state index contributed by atoms with van der Waals surface area (Å²) in [5.41, 5.74) is 6.77. The largest absolute Gasteiger partial charge is 0.495 e. The van der Waals surface area contributed by atoms with Crippen LogP contribution in [0.4, 0.5) is 5.69 Å². The average molecular weight is 221 g/mol. The van der Waals surface area contributed by atoms with Crippen molar-refractivity contribution < 1.29 is 9.53 Å². The molecule has 16 heavy (non-hydrogen) atoms. The first-order chi connectivity index (χ1) is 7.70. The summed E-state index contributed by atoms with van der Waals surface area (Å²) in [5.74, 6) is 0.434. The van der Waals surface area contributed by atoms with Gasteiger partial charge in [-0.25, -0.2) is 0 Å². The van der Waals surface area contributed by atoms with Crippen molar-refractivity contribution in [3.8, 4) is 5.75 Å². The van der Waals surface area contributed by atoms with E-state index < -0.39 is 0 Å². The smallest absolute Gasteiger partial charge is 0.251 e. The van der Waals surface area contributed by atoms with E-state index in [4.69, 9.17) is 10.5 Å². The predicted octanol–water partition coefficient (Wildman–Crippen LogP) is -0.0210. The third kappa shape index (κ3) is 2.09. The molecule has 1 heterocycles. The Labute approximate surface area is 94.0 Å². The first-order valence-corrected chi connectivity index (χ1v) is 5.16. The molecule has 1 aromatic carbocycles. The van der Waals surface area contributed by atoms with Gasteiger partial charge in [-0.05, 0) is 18.2 Å². The molecule has 0 saturated carbocycles. The number of methoxy groups -OCH3 is 1. The molecule has 5 nitrogen and oxygen atoms in total. The van der Waals surface area contributed by atoms with Gasteiger partial charge in [0.2, 0.25) is 0 Å². The molecule has 4 N–H and O–H groups in total. The van der Waals surface area contributed by atoms with Gasteiger partial charge in [0.1, 0.15) is 5.75 Å². The van der Waals surface area contributed by atoms with Crippen molar-refractivity contribution in [1.29, 1.82) is 0 Å². The first kappa shape index (κ1) is 10.8. The third-order valence-electron chi connectivity index (χ3n) is 2.61. The molecule has 0 bridgehead atoms. The van der Waals surface area contributed by atoms with Crippen LogP contribution in [-0.4, -0.2) is 32.1 Å². The molecule has 1 fully saturated rings. The first-order valence-electron chi connectivity index (χ1n) is 5.16. The molecule has 1 amide bonds. The van der Waals surface area contributed by atoms with Crippen LogP contribution in [0, 0.1) is 0 Å². The van der Waals surface area contributed by atoms with E-state index >= 15 is 0 Å². The van der Waals surface area contributed by atoms with Crippen LogP contribution in [-0.2, 0) is 0 Å². The molecule has 2 rings (SSSR count). The maximum Gasteiger partial charge on any atom is 0.251 e. The summed E-state index contributed by atoms with van der Waals surface area (Å²) < 4.78 is 5.06. The molecule has 0 aromatic heterocycles. The number of ether oxygens (including phenoxy) is 1. The number of nitrogens with two attached hydrogens (primary N) is 1.